The van der Waals surface area contributed by atoms with Gasteiger partial charge in [-0.1, -0.05) is 0 Å². The molecule has 2 aromatic heterocycles. The minimum Gasteiger partial charge on any atom is -0.340 e. The Balaban J connectivity index is 1.91. The number of hydrogen-bond donors (Lipinski definition) is 0. The quantitative estimate of drug-likeness (QED) is 0.660. The van der Waals surface area contributed by atoms with Crippen molar-refractivity contribution in [2.45, 2.75) is 13.5 Å². The van der Waals surface area contributed by atoms with E-state index < -0.39 is 0 Å². The Kier molecular flexibility index (Phi) is 2.95. The summed E-state index contributed by atoms with van der Waals surface area (Å²) in [5.41, 5.74) is 0.878. The van der Waals surface area contributed by atoms with Crippen LogP contribution in [0.2, 0.25) is 0 Å². The summed E-state index contributed by atoms with van der Waals surface area (Å²) >= 11 is 1.50. The van der Waals surface area contributed by atoms with E-state index in [2.05, 4.69) is 0 Å². The molecule has 96 valence electrons. The lowest BCUT2D eigenvalue weighted by Gasteiger charge is -2.03. The van der Waals surface area contributed by atoms with E-state index >= 15 is 0 Å². The first kappa shape index (κ1) is 12.1. The van der Waals surface area contributed by atoms with E-state index in [0.717, 1.165) is 20.7 Å². The number of ketones is 1. The largest absolute Gasteiger partial charge is 0.340 e. The van der Waals surface area contributed by atoms with Crippen molar-refractivity contribution < 1.29 is 9.18 Å². The van der Waals surface area contributed by atoms with Gasteiger partial charge in [0, 0.05) is 22.0 Å². The lowest BCUT2D eigenvalue weighted by molar-refractivity contribution is 0.0977. The second-order valence-corrected chi connectivity index (χ2v) is 5.77. The van der Waals surface area contributed by atoms with E-state index in [9.17, 15) is 9.18 Å². The van der Waals surface area contributed by atoms with E-state index in [-0.39, 0.29) is 18.1 Å². The molecule has 3 rings (SSSR count). The van der Waals surface area contributed by atoms with Crippen LogP contribution in [0, 0.1) is 12.7 Å². The van der Waals surface area contributed by atoms with E-state index in [1.54, 1.807) is 6.07 Å². The van der Waals surface area contributed by atoms with Gasteiger partial charge in [0.05, 0.1) is 11.4 Å². The summed E-state index contributed by atoms with van der Waals surface area (Å²) in [5, 5.41) is 0.815. The van der Waals surface area contributed by atoms with Crippen molar-refractivity contribution in [3.05, 3.63) is 58.2 Å². The molecule has 0 amide bonds. The van der Waals surface area contributed by atoms with Crippen LogP contribution in [-0.4, -0.2) is 10.4 Å². The third-order valence-electron chi connectivity index (χ3n) is 3.06. The second-order valence-electron chi connectivity index (χ2n) is 4.48. The molecule has 19 heavy (non-hydrogen) atoms. The smallest absolute Gasteiger partial charge is 0.192 e. The number of rotatable bonds is 3. The molecule has 0 radical (unpaired) electrons. The number of carbonyl (C=O) groups excluding carboxylic acids is 1. The summed E-state index contributed by atoms with van der Waals surface area (Å²) in [5.74, 6) is -0.176. The predicted molar refractivity (Wildman–Crippen MR) is 75.3 cm³/mol. The van der Waals surface area contributed by atoms with Crippen molar-refractivity contribution >= 4 is 28.0 Å². The Morgan fingerprint density at radius 1 is 1.26 bits per heavy atom. The van der Waals surface area contributed by atoms with E-state index in [4.69, 9.17) is 0 Å². The molecule has 4 heteroatoms. The number of Topliss-reactive ketones (excluding diaryl/α,β-unsaturated/α-hetero) is 1. The van der Waals surface area contributed by atoms with Crippen LogP contribution in [0.3, 0.4) is 0 Å². The highest BCUT2D eigenvalue weighted by atomic mass is 32.1. The van der Waals surface area contributed by atoms with Gasteiger partial charge in [0.25, 0.3) is 0 Å². The molecule has 0 saturated carbocycles. The van der Waals surface area contributed by atoms with E-state index in [1.165, 1.54) is 23.5 Å². The zero-order valence-electron chi connectivity index (χ0n) is 10.4. The fourth-order valence-electron chi connectivity index (χ4n) is 2.13. The molecule has 0 bridgehead atoms. The molecular weight excluding hydrogens is 261 g/mol. The van der Waals surface area contributed by atoms with Crippen LogP contribution in [0.5, 0.6) is 0 Å². The predicted octanol–water partition coefficient (Wildman–Crippen LogP) is 4.03. The summed E-state index contributed by atoms with van der Waals surface area (Å²) in [6, 6.07) is 10.2. The summed E-state index contributed by atoms with van der Waals surface area (Å²) in [4.78, 5) is 14.0. The number of fused-ring (bicyclic) bond motifs is 1. The minimum atomic E-state index is -0.259. The van der Waals surface area contributed by atoms with Crippen LogP contribution < -0.4 is 0 Å². The van der Waals surface area contributed by atoms with Gasteiger partial charge in [-0.15, -0.1) is 11.3 Å². The molecule has 0 aliphatic heterocycles. The first-order chi connectivity index (χ1) is 9.13. The van der Waals surface area contributed by atoms with Crippen LogP contribution in [0.4, 0.5) is 4.39 Å². The molecule has 0 N–H and O–H groups in total. The van der Waals surface area contributed by atoms with Crippen molar-refractivity contribution in [1.82, 2.24) is 4.57 Å². The molecule has 3 aromatic rings. The fourth-order valence-corrected chi connectivity index (χ4v) is 2.92. The van der Waals surface area contributed by atoms with Crippen molar-refractivity contribution in [2.75, 3.05) is 0 Å². The maximum Gasteiger partial charge on any atom is 0.192 e. The molecular formula is C15H12FNOS. The van der Waals surface area contributed by atoms with Crippen LogP contribution >= 0.6 is 11.3 Å². The molecule has 0 aliphatic rings. The van der Waals surface area contributed by atoms with Crippen molar-refractivity contribution in [2.24, 2.45) is 0 Å². The van der Waals surface area contributed by atoms with Gasteiger partial charge in [0.2, 0.25) is 0 Å². The molecule has 2 nitrogen and oxygen atoms in total. The van der Waals surface area contributed by atoms with Gasteiger partial charge >= 0.3 is 0 Å². The zero-order chi connectivity index (χ0) is 13.4. The number of carbonyl (C=O) groups is 1. The molecule has 0 fully saturated rings. The number of nitrogens with zero attached hydrogens (tertiary/aromatic N) is 1. The topological polar surface area (TPSA) is 22.0 Å². The number of halogens is 1. The van der Waals surface area contributed by atoms with Gasteiger partial charge in [-0.3, -0.25) is 4.79 Å². The fraction of sp³-hybridized carbons (Fsp3) is 0.133. The van der Waals surface area contributed by atoms with Crippen LogP contribution in [0.25, 0.3) is 10.9 Å². The highest BCUT2D eigenvalue weighted by Crippen LogP contribution is 2.20. The van der Waals surface area contributed by atoms with Gasteiger partial charge in [0.15, 0.2) is 5.78 Å². The normalized spacial score (nSPS) is 11.1. The molecule has 0 spiro atoms. The van der Waals surface area contributed by atoms with Crippen molar-refractivity contribution in [1.29, 1.82) is 0 Å². The average molecular weight is 273 g/mol. The maximum absolute atomic E-state index is 13.1. The Morgan fingerprint density at radius 3 is 2.84 bits per heavy atom. The standard InChI is InChI=1S/C15H12FNOS/c1-10-2-5-15(19-10)14(18)9-17-7-6-11-8-12(16)3-4-13(11)17/h2-8H,9H2,1H3. The molecule has 0 aliphatic carbocycles. The molecule has 0 atom stereocenters. The molecule has 0 saturated heterocycles. The highest BCUT2D eigenvalue weighted by molar-refractivity contribution is 7.14. The lowest BCUT2D eigenvalue weighted by atomic mass is 10.2. The summed E-state index contributed by atoms with van der Waals surface area (Å²) in [6.45, 7) is 2.27. The second kappa shape index (κ2) is 4.63. The Hall–Kier alpha value is -1.94. The summed E-state index contributed by atoms with van der Waals surface area (Å²) in [6.07, 6.45) is 1.82. The number of aromatic nitrogens is 1. The highest BCUT2D eigenvalue weighted by Gasteiger charge is 2.10. The maximum atomic E-state index is 13.1. The molecule has 2 heterocycles. The SMILES string of the molecule is Cc1ccc(C(=O)Cn2ccc3cc(F)ccc32)s1. The van der Waals surface area contributed by atoms with Crippen LogP contribution in [0.15, 0.2) is 42.6 Å². The third-order valence-corrected chi connectivity index (χ3v) is 4.10. The van der Waals surface area contributed by atoms with Crippen molar-refractivity contribution in [3.63, 3.8) is 0 Å². The lowest BCUT2D eigenvalue weighted by Crippen LogP contribution is -2.07. The van der Waals surface area contributed by atoms with Gasteiger partial charge in [-0.25, -0.2) is 4.39 Å². The summed E-state index contributed by atoms with van der Waals surface area (Å²) in [7, 11) is 0. The van der Waals surface area contributed by atoms with Gasteiger partial charge in [-0.05, 0) is 43.3 Å². The van der Waals surface area contributed by atoms with Crippen LogP contribution in [0.1, 0.15) is 14.5 Å². The number of aryl methyl sites for hydroxylation is 1. The van der Waals surface area contributed by atoms with Gasteiger partial charge in [-0.2, -0.15) is 0 Å². The molecule has 1 aromatic carbocycles. The number of hydrogen-bond acceptors (Lipinski definition) is 2. The Bertz CT molecular complexity index is 756. The Labute approximate surface area is 114 Å². The molecule has 0 unspecified atom stereocenters. The van der Waals surface area contributed by atoms with Gasteiger partial charge in [0.1, 0.15) is 5.82 Å². The zero-order valence-corrected chi connectivity index (χ0v) is 11.2. The summed E-state index contributed by atoms with van der Waals surface area (Å²) < 4.78 is 15.0. The average Bonchev–Trinajstić information content (AvgIpc) is 2.96. The first-order valence-electron chi connectivity index (χ1n) is 5.97. The van der Waals surface area contributed by atoms with Gasteiger partial charge < -0.3 is 4.57 Å². The van der Waals surface area contributed by atoms with E-state index in [1.807, 2.05) is 35.9 Å². The van der Waals surface area contributed by atoms with Crippen LogP contribution in [-0.2, 0) is 6.54 Å². The minimum absolute atomic E-state index is 0.0833. The third kappa shape index (κ3) is 2.31. The Morgan fingerprint density at radius 2 is 2.11 bits per heavy atom. The first-order valence-corrected chi connectivity index (χ1v) is 6.79. The number of benzene rings is 1. The number of thiophene rings is 1. The van der Waals surface area contributed by atoms with Crippen molar-refractivity contribution in [3.8, 4) is 0 Å². The monoisotopic (exact) mass is 273 g/mol. The van der Waals surface area contributed by atoms with E-state index in [0.29, 0.717) is 0 Å².